The number of benzene rings is 1. The molecule has 0 saturated heterocycles. The largest absolute Gasteiger partial charge is 0.363 e. The average molecular weight is 396 g/mol. The van der Waals surface area contributed by atoms with Crippen LogP contribution in [-0.4, -0.2) is 31.2 Å². The van der Waals surface area contributed by atoms with E-state index < -0.39 is 5.82 Å². The second kappa shape index (κ2) is 6.42. The van der Waals surface area contributed by atoms with Crippen LogP contribution in [0.3, 0.4) is 0 Å². The minimum Gasteiger partial charge on any atom is -0.363 e. The highest BCUT2D eigenvalue weighted by Crippen LogP contribution is 2.35. The van der Waals surface area contributed by atoms with Gasteiger partial charge in [0.25, 0.3) is 0 Å². The van der Waals surface area contributed by atoms with Crippen LogP contribution in [0.5, 0.6) is 0 Å². The second-order valence-corrected chi connectivity index (χ2v) is 6.95. The van der Waals surface area contributed by atoms with Gasteiger partial charge in [-0.15, -0.1) is 0 Å². The van der Waals surface area contributed by atoms with E-state index in [1.165, 1.54) is 12.1 Å². The molecule has 3 aromatic heterocycles. The number of pyridine rings is 1. The Kier molecular flexibility index (Phi) is 3.87. The summed E-state index contributed by atoms with van der Waals surface area (Å²) in [5.74, 6) is 0.724. The topological polar surface area (TPSA) is 71.8 Å². The molecule has 4 aromatic rings. The quantitative estimate of drug-likeness (QED) is 0.566. The fraction of sp³-hybridized carbons (Fsp3) is 0.158. The highest BCUT2D eigenvalue weighted by atomic mass is 35.5. The van der Waals surface area contributed by atoms with E-state index in [1.54, 1.807) is 23.3 Å². The summed E-state index contributed by atoms with van der Waals surface area (Å²) in [6.07, 6.45) is 6.92. The van der Waals surface area contributed by atoms with Crippen molar-refractivity contribution in [2.75, 3.05) is 16.9 Å². The maximum Gasteiger partial charge on any atom is 0.237 e. The van der Waals surface area contributed by atoms with Crippen LogP contribution >= 0.6 is 11.6 Å². The van der Waals surface area contributed by atoms with Crippen molar-refractivity contribution in [2.45, 2.75) is 13.0 Å². The molecule has 28 heavy (non-hydrogen) atoms. The van der Waals surface area contributed by atoms with Gasteiger partial charge >= 0.3 is 0 Å². The lowest BCUT2D eigenvalue weighted by atomic mass is 10.1. The fourth-order valence-electron chi connectivity index (χ4n) is 3.36. The predicted octanol–water partition coefficient (Wildman–Crippen LogP) is 3.95. The molecule has 1 aliphatic rings. The van der Waals surface area contributed by atoms with Crippen molar-refractivity contribution in [3.05, 3.63) is 65.6 Å². The molecule has 0 spiro atoms. The monoisotopic (exact) mass is 395 g/mol. The smallest absolute Gasteiger partial charge is 0.237 e. The molecule has 1 unspecified atom stereocenters. The first-order valence-corrected chi connectivity index (χ1v) is 9.09. The highest BCUT2D eigenvalue weighted by Gasteiger charge is 2.27. The first kappa shape index (κ1) is 16.9. The zero-order valence-electron chi connectivity index (χ0n) is 14.8. The number of nitrogens with one attached hydrogen (secondary N) is 1. The highest BCUT2D eigenvalue weighted by molar-refractivity contribution is 6.31. The van der Waals surface area contributed by atoms with E-state index in [1.807, 2.05) is 18.3 Å². The molecule has 0 amide bonds. The number of fused-ring (bicyclic) bond motifs is 2. The van der Waals surface area contributed by atoms with Gasteiger partial charge in [0.1, 0.15) is 12.1 Å². The molecule has 0 aliphatic carbocycles. The van der Waals surface area contributed by atoms with Crippen LogP contribution in [0.2, 0.25) is 5.02 Å². The van der Waals surface area contributed by atoms with Crippen molar-refractivity contribution >= 4 is 34.1 Å². The zero-order valence-corrected chi connectivity index (χ0v) is 15.6. The van der Waals surface area contributed by atoms with Crippen LogP contribution in [-0.2, 0) is 0 Å². The number of imidazole rings is 1. The maximum absolute atomic E-state index is 13.7. The number of hydrogen-bond donors (Lipinski definition) is 1. The van der Waals surface area contributed by atoms with Crippen molar-refractivity contribution in [1.82, 2.24) is 24.5 Å². The van der Waals surface area contributed by atoms with Crippen molar-refractivity contribution in [3.8, 4) is 5.95 Å². The number of aromatic nitrogens is 5. The Morgan fingerprint density at radius 3 is 2.96 bits per heavy atom. The second-order valence-electron chi connectivity index (χ2n) is 6.54. The fourth-order valence-corrected chi connectivity index (χ4v) is 3.51. The third-order valence-electron chi connectivity index (χ3n) is 4.91. The van der Waals surface area contributed by atoms with Gasteiger partial charge in [-0.2, -0.15) is 4.98 Å². The van der Waals surface area contributed by atoms with Crippen molar-refractivity contribution in [1.29, 1.82) is 0 Å². The van der Waals surface area contributed by atoms with Crippen molar-refractivity contribution in [3.63, 3.8) is 0 Å². The Hall–Kier alpha value is -3.26. The van der Waals surface area contributed by atoms with Gasteiger partial charge < -0.3 is 10.2 Å². The van der Waals surface area contributed by atoms with E-state index in [9.17, 15) is 4.39 Å². The molecule has 0 radical (unpaired) electrons. The third-order valence-corrected chi connectivity index (χ3v) is 5.20. The van der Waals surface area contributed by atoms with Crippen LogP contribution in [0.1, 0.15) is 18.5 Å². The van der Waals surface area contributed by atoms with Gasteiger partial charge in [-0.3, -0.25) is 9.55 Å². The normalized spacial score (nSPS) is 14.2. The zero-order chi connectivity index (χ0) is 19.3. The number of nitrogens with zero attached hydrogens (tertiary/aromatic N) is 6. The molecule has 0 fully saturated rings. The lowest BCUT2D eigenvalue weighted by Gasteiger charge is -2.25. The van der Waals surface area contributed by atoms with E-state index in [2.05, 4.69) is 32.1 Å². The Morgan fingerprint density at radius 1 is 1.25 bits per heavy atom. The Bertz CT molecular complexity index is 1180. The first-order chi connectivity index (χ1) is 13.6. The molecule has 1 atom stereocenters. The molecule has 1 N–H and O–H groups in total. The standard InChI is InChI=1S/C19H15ClFN7/c1-11(12-3-2-4-22-7-12)27-9-25-16-8-23-19(26-18(16)27)28-10-24-15-6-14(21)13(20)5-17(15)28/h2-8,10-11,25H,9H2,1H3. The number of halogens is 2. The van der Waals surface area contributed by atoms with E-state index in [0.29, 0.717) is 23.7 Å². The summed E-state index contributed by atoms with van der Waals surface area (Å²) in [6.45, 7) is 2.72. The molecule has 4 heterocycles. The van der Waals surface area contributed by atoms with Crippen LogP contribution in [0.4, 0.5) is 15.9 Å². The summed E-state index contributed by atoms with van der Waals surface area (Å²) in [5.41, 5.74) is 3.08. The van der Waals surface area contributed by atoms with E-state index in [-0.39, 0.29) is 11.1 Å². The third kappa shape index (κ3) is 2.65. The van der Waals surface area contributed by atoms with Crippen molar-refractivity contribution < 1.29 is 4.39 Å². The predicted molar refractivity (Wildman–Crippen MR) is 105 cm³/mol. The van der Waals surface area contributed by atoms with Crippen LogP contribution in [0, 0.1) is 5.82 Å². The van der Waals surface area contributed by atoms with E-state index in [0.717, 1.165) is 17.1 Å². The Morgan fingerprint density at radius 2 is 2.14 bits per heavy atom. The lowest BCUT2D eigenvalue weighted by molar-refractivity contribution is 0.630. The molecule has 0 saturated carbocycles. The Labute approximate surface area is 164 Å². The molecular weight excluding hydrogens is 381 g/mol. The van der Waals surface area contributed by atoms with Gasteiger partial charge in [-0.25, -0.2) is 14.4 Å². The number of hydrogen-bond acceptors (Lipinski definition) is 6. The van der Waals surface area contributed by atoms with Crippen molar-refractivity contribution in [2.24, 2.45) is 0 Å². The molecule has 9 heteroatoms. The number of anilines is 2. The van der Waals surface area contributed by atoms with Gasteiger partial charge in [0.05, 0.1) is 40.7 Å². The van der Waals surface area contributed by atoms with E-state index in [4.69, 9.17) is 16.6 Å². The van der Waals surface area contributed by atoms with Gasteiger partial charge in [0.2, 0.25) is 5.95 Å². The van der Waals surface area contributed by atoms with Gasteiger partial charge in [0.15, 0.2) is 5.82 Å². The molecule has 1 aromatic carbocycles. The van der Waals surface area contributed by atoms with Crippen LogP contribution in [0.25, 0.3) is 17.0 Å². The summed E-state index contributed by atoms with van der Waals surface area (Å²) in [6, 6.07) is 6.87. The molecular formula is C19H15ClFN7. The summed E-state index contributed by atoms with van der Waals surface area (Å²) in [4.78, 5) is 19.8. The van der Waals surface area contributed by atoms with Gasteiger partial charge in [-0.1, -0.05) is 17.7 Å². The minimum atomic E-state index is -0.505. The molecule has 7 nitrogen and oxygen atoms in total. The molecule has 140 valence electrons. The summed E-state index contributed by atoms with van der Waals surface area (Å²) < 4.78 is 15.4. The molecule has 1 aliphatic heterocycles. The minimum absolute atomic E-state index is 0.0314. The summed E-state index contributed by atoms with van der Waals surface area (Å²) in [5, 5.41) is 3.34. The average Bonchev–Trinajstić information content (AvgIpc) is 3.32. The summed E-state index contributed by atoms with van der Waals surface area (Å²) >= 11 is 5.95. The maximum atomic E-state index is 13.7. The van der Waals surface area contributed by atoms with Gasteiger partial charge in [0, 0.05) is 18.5 Å². The van der Waals surface area contributed by atoms with Crippen LogP contribution < -0.4 is 10.2 Å². The molecule has 5 rings (SSSR count). The SMILES string of the molecule is CC(c1cccnc1)N1CNc2cnc(-n3cnc4cc(F)c(Cl)cc43)nc21. The van der Waals surface area contributed by atoms with Crippen LogP contribution in [0.15, 0.2) is 49.2 Å². The molecule has 0 bridgehead atoms. The Balaban J connectivity index is 1.57. The number of rotatable bonds is 3. The summed E-state index contributed by atoms with van der Waals surface area (Å²) in [7, 11) is 0. The van der Waals surface area contributed by atoms with E-state index >= 15 is 0 Å². The van der Waals surface area contributed by atoms with Gasteiger partial charge in [-0.05, 0) is 24.6 Å². The first-order valence-electron chi connectivity index (χ1n) is 8.72. The lowest BCUT2D eigenvalue weighted by Crippen LogP contribution is -2.27.